The van der Waals surface area contributed by atoms with Crippen molar-refractivity contribution in [1.29, 1.82) is 0 Å². The van der Waals surface area contributed by atoms with Gasteiger partial charge in [0.15, 0.2) is 5.01 Å². The quantitative estimate of drug-likeness (QED) is 0.810. The molecular formula is C12H12N4OS2. The van der Waals surface area contributed by atoms with E-state index in [1.807, 2.05) is 18.4 Å². The van der Waals surface area contributed by atoms with Crippen molar-refractivity contribution in [3.63, 3.8) is 0 Å². The van der Waals surface area contributed by atoms with Gasteiger partial charge in [0.05, 0.1) is 0 Å². The fourth-order valence-electron chi connectivity index (χ4n) is 1.29. The molecule has 0 bridgehead atoms. The predicted octanol–water partition coefficient (Wildman–Crippen LogP) is 2.44. The minimum Gasteiger partial charge on any atom is -0.286 e. The van der Waals surface area contributed by atoms with Gasteiger partial charge in [-0.1, -0.05) is 11.3 Å². The Balaban J connectivity index is 2.17. The number of pyridine rings is 1. The van der Waals surface area contributed by atoms with Crippen LogP contribution in [0.5, 0.6) is 0 Å². The van der Waals surface area contributed by atoms with Crippen molar-refractivity contribution in [1.82, 2.24) is 15.2 Å². The minimum atomic E-state index is -0.122. The molecule has 2 heterocycles. The van der Waals surface area contributed by atoms with Crippen molar-refractivity contribution < 1.29 is 4.79 Å². The highest BCUT2D eigenvalue weighted by atomic mass is 32.2. The minimum absolute atomic E-state index is 0.122. The van der Waals surface area contributed by atoms with Crippen LogP contribution in [0.1, 0.15) is 0 Å². The van der Waals surface area contributed by atoms with Gasteiger partial charge in [-0.25, -0.2) is 0 Å². The Bertz CT molecular complexity index is 582. The maximum atomic E-state index is 11.8. The number of anilines is 1. The summed E-state index contributed by atoms with van der Waals surface area (Å²) in [6, 6.07) is 3.75. The highest BCUT2D eigenvalue weighted by Gasteiger charge is 2.14. The molecule has 0 spiro atoms. The van der Waals surface area contributed by atoms with Crippen LogP contribution in [0.4, 0.5) is 5.13 Å². The van der Waals surface area contributed by atoms with Gasteiger partial charge < -0.3 is 0 Å². The molecule has 0 fully saturated rings. The third-order valence-electron chi connectivity index (χ3n) is 2.29. The Hall–Kier alpha value is -1.73. The molecule has 19 heavy (non-hydrogen) atoms. The second-order valence-corrected chi connectivity index (χ2v) is 5.27. The van der Waals surface area contributed by atoms with Crippen molar-refractivity contribution in [2.75, 3.05) is 18.2 Å². The number of rotatable bonds is 4. The predicted molar refractivity (Wildman–Crippen MR) is 79.2 cm³/mol. The van der Waals surface area contributed by atoms with Gasteiger partial charge in [0, 0.05) is 31.1 Å². The van der Waals surface area contributed by atoms with Gasteiger partial charge in [0.2, 0.25) is 5.13 Å². The normalized spacial score (nSPS) is 10.8. The Morgan fingerprint density at radius 1 is 1.47 bits per heavy atom. The zero-order valence-electron chi connectivity index (χ0n) is 10.5. The maximum absolute atomic E-state index is 11.8. The monoisotopic (exact) mass is 292 g/mol. The molecule has 1 amide bonds. The van der Waals surface area contributed by atoms with E-state index in [1.54, 1.807) is 24.8 Å². The average molecular weight is 292 g/mol. The molecule has 0 aliphatic carbocycles. The lowest BCUT2D eigenvalue weighted by Gasteiger charge is -2.09. The number of likely N-dealkylation sites (N-methyl/N-ethyl adjacent to an activating group) is 1. The molecule has 98 valence electrons. The highest BCUT2D eigenvalue weighted by Crippen LogP contribution is 2.27. The molecule has 2 aromatic heterocycles. The lowest BCUT2D eigenvalue weighted by molar-refractivity contribution is -0.113. The Kier molecular flexibility index (Phi) is 4.64. The summed E-state index contributed by atoms with van der Waals surface area (Å²) in [5, 5.41) is 11.2. The van der Waals surface area contributed by atoms with Crippen LogP contribution >= 0.6 is 23.1 Å². The second kappa shape index (κ2) is 6.44. The number of carbonyl (C=O) groups excluding carboxylic acids is 1. The van der Waals surface area contributed by atoms with Gasteiger partial charge in [0.1, 0.15) is 0 Å². The van der Waals surface area contributed by atoms with Gasteiger partial charge in [-0.05, 0) is 23.8 Å². The highest BCUT2D eigenvalue weighted by molar-refractivity contribution is 8.01. The summed E-state index contributed by atoms with van der Waals surface area (Å²) in [5.41, 5.74) is 0.895. The summed E-state index contributed by atoms with van der Waals surface area (Å²) >= 11 is 2.83. The van der Waals surface area contributed by atoms with E-state index < -0.39 is 0 Å². The van der Waals surface area contributed by atoms with Crippen molar-refractivity contribution in [3.05, 3.63) is 36.0 Å². The van der Waals surface area contributed by atoms with E-state index in [-0.39, 0.29) is 5.91 Å². The topological polar surface area (TPSA) is 59.0 Å². The lowest BCUT2D eigenvalue weighted by Crippen LogP contribution is -2.23. The number of carbonyl (C=O) groups is 1. The Morgan fingerprint density at radius 3 is 3.00 bits per heavy atom. The first-order valence-electron chi connectivity index (χ1n) is 5.43. The number of thioether (sulfide) groups is 1. The maximum Gasteiger partial charge on any atom is 0.253 e. The Labute approximate surface area is 119 Å². The summed E-state index contributed by atoms with van der Waals surface area (Å²) < 4.78 is 0. The average Bonchev–Trinajstić information content (AvgIpc) is 2.94. The molecule has 0 unspecified atom stereocenters. The van der Waals surface area contributed by atoms with Gasteiger partial charge in [-0.15, -0.1) is 22.0 Å². The van der Waals surface area contributed by atoms with Crippen molar-refractivity contribution in [2.45, 2.75) is 0 Å². The zero-order valence-corrected chi connectivity index (χ0v) is 12.1. The summed E-state index contributed by atoms with van der Waals surface area (Å²) in [7, 11) is 1.68. The summed E-state index contributed by atoms with van der Waals surface area (Å²) in [4.78, 5) is 17.3. The van der Waals surface area contributed by atoms with Crippen LogP contribution < -0.4 is 4.90 Å². The fraction of sp³-hybridized carbons (Fsp3) is 0.167. The molecule has 0 saturated carbocycles. The second-order valence-electron chi connectivity index (χ2n) is 3.57. The van der Waals surface area contributed by atoms with Crippen LogP contribution in [-0.2, 0) is 4.79 Å². The fourth-order valence-corrected chi connectivity index (χ4v) is 2.34. The van der Waals surface area contributed by atoms with E-state index in [0.717, 1.165) is 10.6 Å². The van der Waals surface area contributed by atoms with E-state index >= 15 is 0 Å². The molecule has 0 aliphatic heterocycles. The van der Waals surface area contributed by atoms with Gasteiger partial charge in [0.25, 0.3) is 5.91 Å². The van der Waals surface area contributed by atoms with Gasteiger partial charge in [-0.2, -0.15) is 0 Å². The smallest absolute Gasteiger partial charge is 0.253 e. The van der Waals surface area contributed by atoms with Crippen LogP contribution in [0.3, 0.4) is 0 Å². The molecule has 0 aromatic carbocycles. The van der Waals surface area contributed by atoms with Crippen molar-refractivity contribution in [2.24, 2.45) is 0 Å². The molecule has 0 atom stereocenters. The molecule has 2 aromatic rings. The van der Waals surface area contributed by atoms with Gasteiger partial charge >= 0.3 is 0 Å². The van der Waals surface area contributed by atoms with Crippen LogP contribution in [0, 0.1) is 0 Å². The summed E-state index contributed by atoms with van der Waals surface area (Å²) in [5.74, 6) is -0.122. The van der Waals surface area contributed by atoms with Crippen molar-refractivity contribution >= 4 is 34.1 Å². The third-order valence-corrected chi connectivity index (χ3v) is 3.74. The number of hydrogen-bond acceptors (Lipinski definition) is 6. The number of amides is 1. The number of aromatic nitrogens is 3. The largest absolute Gasteiger partial charge is 0.286 e. The van der Waals surface area contributed by atoms with Crippen molar-refractivity contribution in [3.8, 4) is 10.6 Å². The van der Waals surface area contributed by atoms with Crippen LogP contribution in [-0.4, -0.2) is 34.4 Å². The molecule has 2 rings (SSSR count). The molecular weight excluding hydrogens is 280 g/mol. The van der Waals surface area contributed by atoms with E-state index in [4.69, 9.17) is 0 Å². The molecule has 5 nitrogen and oxygen atoms in total. The zero-order chi connectivity index (χ0) is 13.7. The van der Waals surface area contributed by atoms with E-state index in [0.29, 0.717) is 5.13 Å². The third kappa shape index (κ3) is 3.39. The molecule has 0 aliphatic rings. The van der Waals surface area contributed by atoms with Gasteiger partial charge in [-0.3, -0.25) is 14.7 Å². The first kappa shape index (κ1) is 13.7. The summed E-state index contributed by atoms with van der Waals surface area (Å²) in [6.45, 7) is 0. The molecule has 0 N–H and O–H groups in total. The number of nitrogens with zero attached hydrogens (tertiary/aromatic N) is 4. The first-order chi connectivity index (χ1) is 9.22. The van der Waals surface area contributed by atoms with E-state index in [2.05, 4.69) is 15.2 Å². The first-order valence-corrected chi connectivity index (χ1v) is 7.53. The van der Waals surface area contributed by atoms with E-state index in [9.17, 15) is 4.79 Å². The summed E-state index contributed by atoms with van der Waals surface area (Å²) in [6.07, 6.45) is 6.83. The number of hydrogen-bond donors (Lipinski definition) is 0. The van der Waals surface area contributed by atoms with Crippen LogP contribution in [0.25, 0.3) is 10.6 Å². The SMILES string of the molecule is CSC=CC(=O)N(C)c1nnc(-c2cccnc2)s1. The molecule has 0 radical (unpaired) electrons. The van der Waals surface area contributed by atoms with E-state index in [1.165, 1.54) is 34.1 Å². The lowest BCUT2D eigenvalue weighted by atomic mass is 10.3. The van der Waals surface area contributed by atoms with Crippen LogP contribution in [0.15, 0.2) is 36.0 Å². The Morgan fingerprint density at radius 2 is 2.32 bits per heavy atom. The van der Waals surface area contributed by atoms with Crippen LogP contribution in [0.2, 0.25) is 0 Å². The molecule has 0 saturated heterocycles. The standard InChI is InChI=1S/C12H12N4OS2/c1-16(10(17)5-7-18-2)12-15-14-11(19-12)9-4-3-6-13-8-9/h3-8H,1-2H3. The molecule has 7 heteroatoms.